The summed E-state index contributed by atoms with van der Waals surface area (Å²) >= 11 is 0. The molecule has 1 aliphatic heterocycles. The van der Waals surface area contributed by atoms with Crippen molar-refractivity contribution in [1.29, 1.82) is 0 Å². The molecule has 1 fully saturated rings. The number of carboxylic acid groups (broad SMARTS) is 1. The summed E-state index contributed by atoms with van der Waals surface area (Å²) in [5.74, 6) is -0.693. The minimum atomic E-state index is -0.904. The molecule has 1 aliphatic rings. The second-order valence-electron chi connectivity index (χ2n) is 7.19. The van der Waals surface area contributed by atoms with Crippen LogP contribution in [0.25, 0.3) is 0 Å². The molecule has 1 saturated heterocycles. The molecule has 0 saturated carbocycles. The maximum Gasteiger partial charge on any atom is 0.317 e. The Kier molecular flexibility index (Phi) is 7.91. The predicted octanol–water partition coefficient (Wildman–Crippen LogP) is 2.58. The van der Waals surface area contributed by atoms with Crippen LogP contribution < -0.4 is 10.1 Å². The van der Waals surface area contributed by atoms with Crippen LogP contribution in [-0.2, 0) is 4.79 Å². The van der Waals surface area contributed by atoms with E-state index >= 15 is 0 Å². The average molecular weight is 377 g/mol. The molecule has 2 amide bonds. The van der Waals surface area contributed by atoms with Gasteiger partial charge in [0.2, 0.25) is 0 Å². The summed E-state index contributed by atoms with van der Waals surface area (Å²) in [4.78, 5) is 27.2. The topological polar surface area (TPSA) is 82.1 Å². The van der Waals surface area contributed by atoms with Crippen molar-refractivity contribution in [2.24, 2.45) is 5.92 Å². The molecule has 1 aromatic carbocycles. The normalized spacial score (nSPS) is 17.0. The van der Waals surface area contributed by atoms with Crippen molar-refractivity contribution < 1.29 is 19.4 Å². The molecule has 7 nitrogen and oxygen atoms in total. The third kappa shape index (κ3) is 6.13. The van der Waals surface area contributed by atoms with Crippen molar-refractivity contribution in [2.75, 3.05) is 40.3 Å². The number of carboxylic acids is 1. The number of piperidine rings is 1. The first kappa shape index (κ1) is 21.0. The number of hydrogen-bond donors (Lipinski definition) is 2. The van der Waals surface area contributed by atoms with Crippen molar-refractivity contribution in [1.82, 2.24) is 15.1 Å². The highest BCUT2D eigenvalue weighted by Gasteiger charge is 2.24. The highest BCUT2D eigenvalue weighted by Crippen LogP contribution is 2.26. The first-order valence-electron chi connectivity index (χ1n) is 9.52. The molecule has 2 atom stereocenters. The summed E-state index contributed by atoms with van der Waals surface area (Å²) in [7, 11) is 3.27. The molecule has 0 aromatic heterocycles. The Bertz CT molecular complexity index is 614. The number of aliphatic carboxylic acids is 1. The molecule has 1 heterocycles. The second-order valence-corrected chi connectivity index (χ2v) is 7.19. The number of rotatable bonds is 8. The summed E-state index contributed by atoms with van der Waals surface area (Å²) in [6, 6.07) is 7.80. The van der Waals surface area contributed by atoms with Gasteiger partial charge in [0.05, 0.1) is 19.1 Å². The lowest BCUT2D eigenvalue weighted by molar-refractivity contribution is -0.141. The maximum atomic E-state index is 12.4. The highest BCUT2D eigenvalue weighted by molar-refractivity contribution is 5.75. The average Bonchev–Trinajstić information content (AvgIpc) is 2.69. The van der Waals surface area contributed by atoms with Gasteiger partial charge in [0.1, 0.15) is 5.75 Å². The summed E-state index contributed by atoms with van der Waals surface area (Å²) in [6.45, 7) is 4.28. The van der Waals surface area contributed by atoms with E-state index in [4.69, 9.17) is 9.84 Å². The van der Waals surface area contributed by atoms with Crippen LogP contribution >= 0.6 is 0 Å². The van der Waals surface area contributed by atoms with Crippen LogP contribution in [0.15, 0.2) is 24.3 Å². The minimum Gasteiger partial charge on any atom is -0.497 e. The van der Waals surface area contributed by atoms with Crippen LogP contribution in [0.3, 0.4) is 0 Å². The Morgan fingerprint density at radius 1 is 1.22 bits per heavy atom. The van der Waals surface area contributed by atoms with E-state index in [1.54, 1.807) is 21.1 Å². The number of nitrogens with zero attached hydrogens (tertiary/aromatic N) is 2. The zero-order valence-electron chi connectivity index (χ0n) is 16.5. The van der Waals surface area contributed by atoms with Gasteiger partial charge < -0.3 is 20.1 Å². The first-order valence-corrected chi connectivity index (χ1v) is 9.52. The van der Waals surface area contributed by atoms with Crippen molar-refractivity contribution >= 4 is 12.0 Å². The lowest BCUT2D eigenvalue weighted by Crippen LogP contribution is -2.45. The van der Waals surface area contributed by atoms with Crippen molar-refractivity contribution in [3.05, 3.63) is 29.8 Å². The predicted molar refractivity (Wildman–Crippen MR) is 104 cm³/mol. The molecular weight excluding hydrogens is 346 g/mol. The third-order valence-corrected chi connectivity index (χ3v) is 5.09. The zero-order chi connectivity index (χ0) is 19.8. The summed E-state index contributed by atoms with van der Waals surface area (Å²) in [5, 5.41) is 12.0. The molecule has 7 heteroatoms. The maximum absolute atomic E-state index is 12.4. The SMILES string of the molecule is COc1ccc(C(CNC(=O)N(C)CC(C)C(=O)O)N2CCCCC2)cc1. The Balaban J connectivity index is 2.02. The molecule has 0 radical (unpaired) electrons. The van der Waals surface area contributed by atoms with E-state index < -0.39 is 11.9 Å². The van der Waals surface area contributed by atoms with Crippen molar-refractivity contribution in [2.45, 2.75) is 32.2 Å². The number of urea groups is 1. The summed E-state index contributed by atoms with van der Waals surface area (Å²) < 4.78 is 5.24. The van der Waals surface area contributed by atoms with Gasteiger partial charge in [-0.05, 0) is 43.6 Å². The summed E-state index contributed by atoms with van der Waals surface area (Å²) in [6.07, 6.45) is 3.57. The van der Waals surface area contributed by atoms with Gasteiger partial charge in [-0.15, -0.1) is 0 Å². The zero-order valence-corrected chi connectivity index (χ0v) is 16.5. The smallest absolute Gasteiger partial charge is 0.317 e. The van der Waals surface area contributed by atoms with Crippen LogP contribution in [0, 0.1) is 5.92 Å². The Morgan fingerprint density at radius 2 is 1.85 bits per heavy atom. The number of ether oxygens (including phenoxy) is 1. The standard InChI is InChI=1S/C20H31N3O4/c1-15(19(24)25)14-22(2)20(26)21-13-18(23-11-5-4-6-12-23)16-7-9-17(27-3)10-8-16/h7-10,15,18H,4-6,11-14H2,1-3H3,(H,21,26)(H,24,25). The number of hydrogen-bond acceptors (Lipinski definition) is 4. The van der Waals surface area contributed by atoms with Gasteiger partial charge in [-0.1, -0.05) is 25.5 Å². The number of carbonyl (C=O) groups excluding carboxylic acids is 1. The Morgan fingerprint density at radius 3 is 2.41 bits per heavy atom. The number of nitrogens with one attached hydrogen (secondary N) is 1. The van der Waals surface area contributed by atoms with Gasteiger partial charge in [0.25, 0.3) is 0 Å². The molecule has 27 heavy (non-hydrogen) atoms. The lowest BCUT2D eigenvalue weighted by atomic mass is 10.0. The van der Waals surface area contributed by atoms with Crippen molar-refractivity contribution in [3.8, 4) is 5.75 Å². The van der Waals surface area contributed by atoms with Gasteiger partial charge in [-0.2, -0.15) is 0 Å². The Hall–Kier alpha value is -2.28. The van der Waals surface area contributed by atoms with Gasteiger partial charge in [-0.3, -0.25) is 9.69 Å². The molecule has 0 spiro atoms. The largest absolute Gasteiger partial charge is 0.497 e. The second kappa shape index (κ2) is 10.2. The minimum absolute atomic E-state index is 0.0884. The van der Waals surface area contributed by atoms with Crippen LogP contribution in [0.2, 0.25) is 0 Å². The van der Waals surface area contributed by atoms with E-state index in [-0.39, 0.29) is 18.6 Å². The van der Waals surface area contributed by atoms with E-state index in [2.05, 4.69) is 10.2 Å². The fraction of sp³-hybridized carbons (Fsp3) is 0.600. The van der Waals surface area contributed by atoms with Crippen LogP contribution in [0.4, 0.5) is 4.79 Å². The van der Waals surface area contributed by atoms with E-state index in [0.717, 1.165) is 37.2 Å². The molecule has 150 valence electrons. The van der Waals surface area contributed by atoms with E-state index in [9.17, 15) is 9.59 Å². The van der Waals surface area contributed by atoms with E-state index in [0.29, 0.717) is 6.54 Å². The molecule has 2 N–H and O–H groups in total. The number of amides is 2. The van der Waals surface area contributed by atoms with Gasteiger partial charge in [0.15, 0.2) is 0 Å². The molecule has 2 unspecified atom stereocenters. The van der Waals surface area contributed by atoms with Gasteiger partial charge >= 0.3 is 12.0 Å². The first-order chi connectivity index (χ1) is 12.9. The lowest BCUT2D eigenvalue weighted by Gasteiger charge is -2.35. The quantitative estimate of drug-likeness (QED) is 0.728. The highest BCUT2D eigenvalue weighted by atomic mass is 16.5. The van der Waals surface area contributed by atoms with Gasteiger partial charge in [0, 0.05) is 20.1 Å². The number of carbonyl (C=O) groups is 2. The fourth-order valence-corrected chi connectivity index (χ4v) is 3.40. The van der Waals surface area contributed by atoms with Crippen LogP contribution in [0.1, 0.15) is 37.8 Å². The molecule has 0 bridgehead atoms. The third-order valence-electron chi connectivity index (χ3n) is 5.09. The van der Waals surface area contributed by atoms with Crippen molar-refractivity contribution in [3.63, 3.8) is 0 Å². The van der Waals surface area contributed by atoms with E-state index in [1.165, 1.54) is 11.3 Å². The Labute approximate surface area is 161 Å². The van der Waals surface area contributed by atoms with E-state index in [1.807, 2.05) is 24.3 Å². The molecular formula is C20H31N3O4. The monoisotopic (exact) mass is 377 g/mol. The fourth-order valence-electron chi connectivity index (χ4n) is 3.40. The van der Waals surface area contributed by atoms with Gasteiger partial charge in [-0.25, -0.2) is 4.79 Å². The molecule has 1 aromatic rings. The molecule has 2 rings (SSSR count). The van der Waals surface area contributed by atoms with Crippen LogP contribution in [-0.4, -0.2) is 67.2 Å². The molecule has 0 aliphatic carbocycles. The number of benzene rings is 1. The summed E-state index contributed by atoms with van der Waals surface area (Å²) in [5.41, 5.74) is 1.14. The van der Waals surface area contributed by atoms with Crippen LogP contribution in [0.5, 0.6) is 5.75 Å². The number of likely N-dealkylation sites (tertiary alicyclic amines) is 1. The number of methoxy groups -OCH3 is 1.